The van der Waals surface area contributed by atoms with E-state index in [9.17, 15) is 18.0 Å². The lowest BCUT2D eigenvalue weighted by atomic mass is 10.2. The van der Waals surface area contributed by atoms with E-state index in [0.717, 1.165) is 0 Å². The minimum absolute atomic E-state index is 0.170. The van der Waals surface area contributed by atoms with Crippen LogP contribution in [0.3, 0.4) is 0 Å². The number of carbonyl (C=O) groups excluding carboxylic acids is 1. The predicted octanol–water partition coefficient (Wildman–Crippen LogP) is 2.62. The molecule has 7 heteroatoms. The standard InChI is InChI=1S/C9H6ClF3N2O/c10-7-3-1-6(2-4-7)8(16)15-14-5-9(11,12)13/h1-5H,(H,15,16). The zero-order valence-corrected chi connectivity index (χ0v) is 8.51. The van der Waals surface area contributed by atoms with Crippen molar-refractivity contribution < 1.29 is 18.0 Å². The van der Waals surface area contributed by atoms with Crippen molar-refractivity contribution in [1.29, 1.82) is 0 Å². The Balaban J connectivity index is 2.60. The third-order valence-corrected chi connectivity index (χ3v) is 1.74. The van der Waals surface area contributed by atoms with Crippen LogP contribution in [0.4, 0.5) is 13.2 Å². The summed E-state index contributed by atoms with van der Waals surface area (Å²) in [5, 5.41) is 3.19. The molecule has 0 atom stereocenters. The van der Waals surface area contributed by atoms with Gasteiger partial charge in [-0.1, -0.05) is 11.6 Å². The van der Waals surface area contributed by atoms with Gasteiger partial charge < -0.3 is 0 Å². The summed E-state index contributed by atoms with van der Waals surface area (Å²) in [5.74, 6) is -0.739. The van der Waals surface area contributed by atoms with Gasteiger partial charge in [0, 0.05) is 10.6 Å². The van der Waals surface area contributed by atoms with Gasteiger partial charge in [0.2, 0.25) is 0 Å². The number of amides is 1. The van der Waals surface area contributed by atoms with E-state index in [1.807, 2.05) is 0 Å². The highest BCUT2D eigenvalue weighted by molar-refractivity contribution is 6.30. The van der Waals surface area contributed by atoms with Crippen LogP contribution in [0.1, 0.15) is 10.4 Å². The Morgan fingerprint density at radius 1 is 1.31 bits per heavy atom. The monoisotopic (exact) mass is 250 g/mol. The molecule has 0 radical (unpaired) electrons. The number of rotatable bonds is 2. The Bertz CT molecular complexity index is 400. The highest BCUT2D eigenvalue weighted by Gasteiger charge is 2.23. The topological polar surface area (TPSA) is 41.5 Å². The average Bonchev–Trinajstić information content (AvgIpc) is 2.16. The van der Waals surface area contributed by atoms with Gasteiger partial charge in [0.25, 0.3) is 5.91 Å². The molecule has 1 amide bonds. The van der Waals surface area contributed by atoms with Crippen molar-refractivity contribution in [3.05, 3.63) is 34.9 Å². The van der Waals surface area contributed by atoms with Crippen molar-refractivity contribution >= 4 is 23.7 Å². The second kappa shape index (κ2) is 4.98. The minimum Gasteiger partial charge on any atom is -0.267 e. The Labute approximate surface area is 93.9 Å². The molecule has 0 spiro atoms. The molecule has 0 aromatic heterocycles. The normalized spacial score (nSPS) is 11.8. The zero-order valence-electron chi connectivity index (χ0n) is 7.75. The molecule has 16 heavy (non-hydrogen) atoms. The maximum absolute atomic E-state index is 11.6. The van der Waals surface area contributed by atoms with Crippen molar-refractivity contribution in [3.8, 4) is 0 Å². The van der Waals surface area contributed by atoms with Gasteiger partial charge in [0.05, 0.1) is 0 Å². The van der Waals surface area contributed by atoms with Crippen LogP contribution in [0.5, 0.6) is 0 Å². The smallest absolute Gasteiger partial charge is 0.267 e. The van der Waals surface area contributed by atoms with Crippen LogP contribution in [0.15, 0.2) is 29.4 Å². The van der Waals surface area contributed by atoms with E-state index in [0.29, 0.717) is 5.02 Å². The molecule has 0 saturated heterocycles. The van der Waals surface area contributed by atoms with Crippen LogP contribution in [0.25, 0.3) is 0 Å². The van der Waals surface area contributed by atoms with E-state index in [1.165, 1.54) is 24.3 Å². The number of hydrogen-bond donors (Lipinski definition) is 1. The molecular weight excluding hydrogens is 245 g/mol. The lowest BCUT2D eigenvalue weighted by molar-refractivity contribution is -0.0538. The first-order chi connectivity index (χ1) is 7.38. The van der Waals surface area contributed by atoms with Gasteiger partial charge in [-0.15, -0.1) is 0 Å². The molecule has 86 valence electrons. The summed E-state index contributed by atoms with van der Waals surface area (Å²) < 4.78 is 34.9. The van der Waals surface area contributed by atoms with Gasteiger partial charge in [-0.05, 0) is 24.3 Å². The SMILES string of the molecule is O=C(NN=CC(F)(F)F)c1ccc(Cl)cc1. The summed E-state index contributed by atoms with van der Waals surface area (Å²) in [7, 11) is 0. The zero-order chi connectivity index (χ0) is 12.2. The molecule has 1 rings (SSSR count). The quantitative estimate of drug-likeness (QED) is 0.636. The average molecular weight is 251 g/mol. The fourth-order valence-electron chi connectivity index (χ4n) is 0.830. The molecule has 0 aliphatic rings. The number of hydrazone groups is 1. The molecule has 0 bridgehead atoms. The summed E-state index contributed by atoms with van der Waals surface area (Å²) in [5.41, 5.74) is 1.91. The van der Waals surface area contributed by atoms with E-state index < -0.39 is 12.1 Å². The van der Waals surface area contributed by atoms with E-state index in [-0.39, 0.29) is 11.8 Å². The Kier molecular flexibility index (Phi) is 3.89. The predicted molar refractivity (Wildman–Crippen MR) is 53.5 cm³/mol. The molecule has 1 aromatic carbocycles. The van der Waals surface area contributed by atoms with Crippen molar-refractivity contribution in [3.63, 3.8) is 0 Å². The van der Waals surface area contributed by atoms with Crippen molar-refractivity contribution in [2.45, 2.75) is 6.18 Å². The third kappa shape index (κ3) is 4.31. The highest BCUT2D eigenvalue weighted by Crippen LogP contribution is 2.11. The van der Waals surface area contributed by atoms with Gasteiger partial charge in [0.15, 0.2) is 0 Å². The molecule has 0 aliphatic carbocycles. The van der Waals surface area contributed by atoms with Crippen LogP contribution in [-0.4, -0.2) is 18.3 Å². The number of nitrogens with one attached hydrogen (secondary N) is 1. The summed E-state index contributed by atoms with van der Waals surface area (Å²) in [6.45, 7) is 0. The molecule has 0 heterocycles. The summed E-state index contributed by atoms with van der Waals surface area (Å²) in [6, 6.07) is 5.65. The number of hydrogen-bond acceptors (Lipinski definition) is 2. The minimum atomic E-state index is -4.55. The first kappa shape index (κ1) is 12.5. The number of benzene rings is 1. The van der Waals surface area contributed by atoms with Gasteiger partial charge in [-0.25, -0.2) is 5.43 Å². The third-order valence-electron chi connectivity index (χ3n) is 1.48. The lowest BCUT2D eigenvalue weighted by Crippen LogP contribution is -2.20. The Morgan fingerprint density at radius 2 is 1.88 bits per heavy atom. The van der Waals surface area contributed by atoms with Gasteiger partial charge in [0.1, 0.15) is 6.21 Å². The van der Waals surface area contributed by atoms with Crippen LogP contribution < -0.4 is 5.43 Å². The van der Waals surface area contributed by atoms with Gasteiger partial charge in [-0.2, -0.15) is 18.3 Å². The largest absolute Gasteiger partial charge is 0.428 e. The Hall–Kier alpha value is -1.56. The second-order valence-electron chi connectivity index (χ2n) is 2.75. The summed E-state index contributed by atoms with van der Waals surface area (Å²) in [4.78, 5) is 11.2. The molecular formula is C9H6ClF3N2O. The highest BCUT2D eigenvalue weighted by atomic mass is 35.5. The maximum atomic E-state index is 11.6. The van der Waals surface area contributed by atoms with Crippen LogP contribution >= 0.6 is 11.6 Å². The molecule has 0 unspecified atom stereocenters. The fourth-order valence-corrected chi connectivity index (χ4v) is 0.956. The molecule has 0 saturated carbocycles. The first-order valence-corrected chi connectivity index (χ1v) is 4.43. The van der Waals surface area contributed by atoms with Crippen molar-refractivity contribution in [2.24, 2.45) is 5.10 Å². The molecule has 0 aliphatic heterocycles. The van der Waals surface area contributed by atoms with Gasteiger partial charge >= 0.3 is 6.18 Å². The van der Waals surface area contributed by atoms with E-state index in [1.54, 1.807) is 5.43 Å². The fraction of sp³-hybridized carbons (Fsp3) is 0.111. The molecule has 1 N–H and O–H groups in total. The lowest BCUT2D eigenvalue weighted by Gasteiger charge is -2.00. The first-order valence-electron chi connectivity index (χ1n) is 4.05. The van der Waals surface area contributed by atoms with E-state index in [2.05, 4.69) is 5.10 Å². The second-order valence-corrected chi connectivity index (χ2v) is 3.18. The summed E-state index contributed by atoms with van der Waals surface area (Å²) in [6.07, 6.45) is -4.85. The van der Waals surface area contributed by atoms with Crippen LogP contribution in [-0.2, 0) is 0 Å². The van der Waals surface area contributed by atoms with E-state index in [4.69, 9.17) is 11.6 Å². The number of carbonyl (C=O) groups is 1. The molecule has 3 nitrogen and oxygen atoms in total. The number of alkyl halides is 3. The van der Waals surface area contributed by atoms with Crippen LogP contribution in [0.2, 0.25) is 5.02 Å². The summed E-state index contributed by atoms with van der Waals surface area (Å²) >= 11 is 5.57. The van der Waals surface area contributed by atoms with E-state index >= 15 is 0 Å². The van der Waals surface area contributed by atoms with Crippen LogP contribution in [0, 0.1) is 0 Å². The number of nitrogens with zero attached hydrogens (tertiary/aromatic N) is 1. The van der Waals surface area contributed by atoms with Gasteiger partial charge in [-0.3, -0.25) is 4.79 Å². The molecule has 1 aromatic rings. The maximum Gasteiger partial charge on any atom is 0.428 e. The Morgan fingerprint density at radius 3 is 2.38 bits per heavy atom. The van der Waals surface area contributed by atoms with Crippen molar-refractivity contribution in [2.75, 3.05) is 0 Å². The van der Waals surface area contributed by atoms with Crippen molar-refractivity contribution in [1.82, 2.24) is 5.43 Å². The number of halogens is 4. The molecule has 0 fully saturated rings.